The highest BCUT2D eigenvalue weighted by molar-refractivity contribution is 6.32. The molecule has 0 amide bonds. The normalized spacial score (nSPS) is 11.5. The molecule has 5 aromatic rings. The number of nitro benzene ring substituents is 1. The third-order valence-corrected chi connectivity index (χ3v) is 4.85. The number of hydrogen-bond donors (Lipinski definition) is 2. The number of aromatic amines is 1. The molecule has 0 aliphatic rings. The Labute approximate surface area is 178 Å². The van der Waals surface area contributed by atoms with Gasteiger partial charge in [0.15, 0.2) is 5.65 Å². The standard InChI is InChI=1S/C20H12ClN7O3/c21-14-7-5-11(9-16(14)28(29)30)17-8-6-12(31-17)10-22-26-20-24-19-18(25-27-20)13-3-1-2-4-15(13)23-19/h1-10H,(H2,23,24,26,27). The molecular formula is C20H12ClN7O3. The number of nitrogens with one attached hydrogen (secondary N) is 2. The summed E-state index contributed by atoms with van der Waals surface area (Å²) in [5, 5.41) is 24.4. The Hall–Kier alpha value is -4.31. The zero-order valence-electron chi connectivity index (χ0n) is 15.6. The molecule has 0 aliphatic heterocycles. The van der Waals surface area contributed by atoms with Gasteiger partial charge in [0.25, 0.3) is 11.6 Å². The maximum Gasteiger partial charge on any atom is 0.288 e. The average Bonchev–Trinajstić information content (AvgIpc) is 3.38. The van der Waals surface area contributed by atoms with Crippen molar-refractivity contribution < 1.29 is 9.34 Å². The maximum absolute atomic E-state index is 11.1. The molecule has 152 valence electrons. The number of furan rings is 1. The van der Waals surface area contributed by atoms with E-state index in [0.29, 0.717) is 28.2 Å². The van der Waals surface area contributed by atoms with E-state index in [1.54, 1.807) is 18.2 Å². The van der Waals surface area contributed by atoms with Gasteiger partial charge in [0.05, 0.1) is 11.1 Å². The number of halogens is 1. The first-order valence-corrected chi connectivity index (χ1v) is 9.40. The van der Waals surface area contributed by atoms with E-state index in [1.165, 1.54) is 18.3 Å². The van der Waals surface area contributed by atoms with Gasteiger partial charge in [-0.1, -0.05) is 29.8 Å². The zero-order chi connectivity index (χ0) is 21.4. The summed E-state index contributed by atoms with van der Waals surface area (Å²) in [5.74, 6) is 1.09. The maximum atomic E-state index is 11.1. The van der Waals surface area contributed by atoms with Crippen LogP contribution in [0.2, 0.25) is 5.02 Å². The number of H-pyrrole nitrogens is 1. The third-order valence-electron chi connectivity index (χ3n) is 4.53. The van der Waals surface area contributed by atoms with Gasteiger partial charge in [-0.05, 0) is 30.3 Å². The molecule has 2 aromatic carbocycles. The summed E-state index contributed by atoms with van der Waals surface area (Å²) >= 11 is 5.85. The number of fused-ring (bicyclic) bond motifs is 3. The van der Waals surface area contributed by atoms with Crippen LogP contribution in [0.5, 0.6) is 0 Å². The minimum absolute atomic E-state index is 0.0619. The molecular weight excluding hydrogens is 422 g/mol. The lowest BCUT2D eigenvalue weighted by molar-refractivity contribution is -0.384. The quantitative estimate of drug-likeness (QED) is 0.231. The molecule has 3 aromatic heterocycles. The van der Waals surface area contributed by atoms with Gasteiger partial charge in [0.2, 0.25) is 0 Å². The minimum atomic E-state index is -0.543. The highest BCUT2D eigenvalue weighted by atomic mass is 35.5. The zero-order valence-corrected chi connectivity index (χ0v) is 16.4. The summed E-state index contributed by atoms with van der Waals surface area (Å²) in [6.45, 7) is 0. The predicted molar refractivity (Wildman–Crippen MR) is 116 cm³/mol. The van der Waals surface area contributed by atoms with Crippen LogP contribution in [-0.4, -0.2) is 31.3 Å². The van der Waals surface area contributed by atoms with Crippen LogP contribution >= 0.6 is 11.6 Å². The molecule has 0 bridgehead atoms. The van der Waals surface area contributed by atoms with Crippen molar-refractivity contribution in [1.82, 2.24) is 20.2 Å². The first kappa shape index (κ1) is 18.7. The summed E-state index contributed by atoms with van der Waals surface area (Å²) in [4.78, 5) is 18.1. The Morgan fingerprint density at radius 1 is 1.16 bits per heavy atom. The van der Waals surface area contributed by atoms with Gasteiger partial charge in [-0.2, -0.15) is 10.1 Å². The van der Waals surface area contributed by atoms with Crippen LogP contribution in [0.1, 0.15) is 5.76 Å². The molecule has 0 aliphatic carbocycles. The molecule has 0 saturated carbocycles. The topological polar surface area (TPSA) is 135 Å². The van der Waals surface area contributed by atoms with E-state index in [9.17, 15) is 10.1 Å². The van der Waals surface area contributed by atoms with Crippen LogP contribution in [0.25, 0.3) is 33.4 Å². The molecule has 0 atom stereocenters. The Balaban J connectivity index is 1.34. The molecule has 11 heteroatoms. The van der Waals surface area contributed by atoms with E-state index >= 15 is 0 Å². The largest absolute Gasteiger partial charge is 0.455 e. The minimum Gasteiger partial charge on any atom is -0.455 e. The number of anilines is 1. The lowest BCUT2D eigenvalue weighted by Gasteiger charge is -1.99. The van der Waals surface area contributed by atoms with E-state index < -0.39 is 4.92 Å². The number of nitrogens with zero attached hydrogens (tertiary/aromatic N) is 5. The van der Waals surface area contributed by atoms with Gasteiger partial charge in [-0.25, -0.2) is 5.43 Å². The fourth-order valence-electron chi connectivity index (χ4n) is 3.10. The van der Waals surface area contributed by atoms with Crippen molar-refractivity contribution in [2.75, 3.05) is 5.43 Å². The van der Waals surface area contributed by atoms with Crippen molar-refractivity contribution in [2.45, 2.75) is 0 Å². The Morgan fingerprint density at radius 3 is 2.90 bits per heavy atom. The van der Waals surface area contributed by atoms with Crippen LogP contribution < -0.4 is 5.43 Å². The Bertz CT molecular complexity index is 1470. The summed E-state index contributed by atoms with van der Waals surface area (Å²) in [5.41, 5.74) is 5.24. The fraction of sp³-hybridized carbons (Fsp3) is 0. The number of nitro groups is 1. The van der Waals surface area contributed by atoms with Crippen LogP contribution in [0.15, 0.2) is 64.1 Å². The number of para-hydroxylation sites is 1. The van der Waals surface area contributed by atoms with Crippen molar-refractivity contribution in [1.29, 1.82) is 0 Å². The lowest BCUT2D eigenvalue weighted by atomic mass is 10.1. The van der Waals surface area contributed by atoms with E-state index in [1.807, 2.05) is 24.3 Å². The number of aromatic nitrogens is 4. The molecule has 0 fully saturated rings. The summed E-state index contributed by atoms with van der Waals surface area (Å²) in [6.07, 6.45) is 1.44. The average molecular weight is 434 g/mol. The van der Waals surface area contributed by atoms with Crippen molar-refractivity contribution in [3.8, 4) is 11.3 Å². The van der Waals surface area contributed by atoms with Crippen molar-refractivity contribution >= 4 is 51.5 Å². The van der Waals surface area contributed by atoms with Gasteiger partial charge in [0.1, 0.15) is 22.1 Å². The summed E-state index contributed by atoms with van der Waals surface area (Å²) in [6, 6.07) is 15.6. The van der Waals surface area contributed by atoms with Crippen molar-refractivity contribution in [3.05, 3.63) is 75.5 Å². The second-order valence-electron chi connectivity index (χ2n) is 6.50. The third kappa shape index (κ3) is 3.55. The summed E-state index contributed by atoms with van der Waals surface area (Å²) in [7, 11) is 0. The van der Waals surface area contributed by atoms with Gasteiger partial charge in [-0.3, -0.25) is 10.1 Å². The molecule has 0 spiro atoms. The van der Waals surface area contributed by atoms with Gasteiger partial charge >= 0.3 is 0 Å². The number of hydrazone groups is 1. The van der Waals surface area contributed by atoms with Gasteiger partial charge in [-0.15, -0.1) is 10.2 Å². The van der Waals surface area contributed by atoms with Crippen LogP contribution in [0.4, 0.5) is 11.6 Å². The van der Waals surface area contributed by atoms with E-state index in [-0.39, 0.29) is 16.7 Å². The number of rotatable bonds is 5. The molecule has 3 heterocycles. The second kappa shape index (κ2) is 7.50. The van der Waals surface area contributed by atoms with Crippen LogP contribution in [-0.2, 0) is 0 Å². The van der Waals surface area contributed by atoms with E-state index in [4.69, 9.17) is 16.0 Å². The Morgan fingerprint density at radius 2 is 2.03 bits per heavy atom. The Kier molecular flexibility index (Phi) is 4.53. The first-order valence-electron chi connectivity index (χ1n) is 9.03. The number of benzene rings is 2. The molecule has 10 nitrogen and oxygen atoms in total. The lowest BCUT2D eigenvalue weighted by Crippen LogP contribution is -1.98. The molecule has 31 heavy (non-hydrogen) atoms. The highest BCUT2D eigenvalue weighted by Gasteiger charge is 2.15. The van der Waals surface area contributed by atoms with E-state index in [2.05, 4.69) is 30.7 Å². The monoisotopic (exact) mass is 433 g/mol. The second-order valence-corrected chi connectivity index (χ2v) is 6.91. The predicted octanol–water partition coefficient (Wildman–Crippen LogP) is 4.77. The highest BCUT2D eigenvalue weighted by Crippen LogP contribution is 2.31. The van der Waals surface area contributed by atoms with Crippen molar-refractivity contribution in [2.24, 2.45) is 5.10 Å². The number of hydrogen-bond acceptors (Lipinski definition) is 8. The first-order chi connectivity index (χ1) is 15.1. The van der Waals surface area contributed by atoms with Crippen LogP contribution in [0, 0.1) is 10.1 Å². The molecule has 0 saturated heterocycles. The molecule has 0 unspecified atom stereocenters. The smallest absolute Gasteiger partial charge is 0.288 e. The van der Waals surface area contributed by atoms with Crippen LogP contribution in [0.3, 0.4) is 0 Å². The molecule has 0 radical (unpaired) electrons. The van der Waals surface area contributed by atoms with Gasteiger partial charge < -0.3 is 9.40 Å². The van der Waals surface area contributed by atoms with Gasteiger partial charge in [0, 0.05) is 22.5 Å². The van der Waals surface area contributed by atoms with E-state index in [0.717, 1.165) is 10.9 Å². The fourth-order valence-corrected chi connectivity index (χ4v) is 3.29. The molecule has 2 N–H and O–H groups in total. The summed E-state index contributed by atoms with van der Waals surface area (Å²) < 4.78 is 5.67. The SMILES string of the molecule is O=[N+]([O-])c1cc(-c2ccc(C=NNc3nnc4c(n3)[nH]c3ccccc34)o2)ccc1Cl. The van der Waals surface area contributed by atoms with Crippen molar-refractivity contribution in [3.63, 3.8) is 0 Å². The molecule has 5 rings (SSSR count).